The standard InChI is InChI=1S/C15H20N2O2S/c18-8-2-5-13-4-1-7-17(13)10-12-11-20-15(16-12)14-6-3-9-19-14/h3,6,9,11,13,18H,1-2,4-5,7-8,10H2. The van der Waals surface area contributed by atoms with Crippen molar-refractivity contribution in [2.75, 3.05) is 13.2 Å². The van der Waals surface area contributed by atoms with Crippen molar-refractivity contribution in [1.82, 2.24) is 9.88 Å². The molecular formula is C15H20N2O2S. The molecule has 1 atom stereocenters. The normalized spacial score (nSPS) is 19.8. The Balaban J connectivity index is 1.62. The van der Waals surface area contributed by atoms with Gasteiger partial charge in [0, 0.05) is 24.6 Å². The van der Waals surface area contributed by atoms with Crippen molar-refractivity contribution in [2.45, 2.75) is 38.3 Å². The molecule has 3 heterocycles. The Labute approximate surface area is 123 Å². The van der Waals surface area contributed by atoms with Crippen LogP contribution >= 0.6 is 11.3 Å². The maximum atomic E-state index is 8.97. The minimum absolute atomic E-state index is 0.295. The summed E-state index contributed by atoms with van der Waals surface area (Å²) in [7, 11) is 0. The van der Waals surface area contributed by atoms with Gasteiger partial charge in [-0.1, -0.05) is 0 Å². The van der Waals surface area contributed by atoms with Crippen molar-refractivity contribution in [2.24, 2.45) is 0 Å². The second kappa shape index (κ2) is 6.52. The lowest BCUT2D eigenvalue weighted by Crippen LogP contribution is -2.29. The van der Waals surface area contributed by atoms with Gasteiger partial charge in [0.05, 0.1) is 12.0 Å². The predicted octanol–water partition coefficient (Wildman–Crippen LogP) is 3.14. The van der Waals surface area contributed by atoms with E-state index in [9.17, 15) is 0 Å². The highest BCUT2D eigenvalue weighted by Gasteiger charge is 2.24. The summed E-state index contributed by atoms with van der Waals surface area (Å²) >= 11 is 1.64. The fraction of sp³-hybridized carbons (Fsp3) is 0.533. The average Bonchev–Trinajstić information content (AvgIpc) is 3.18. The van der Waals surface area contributed by atoms with E-state index in [2.05, 4.69) is 15.3 Å². The molecule has 3 rings (SSSR count). The van der Waals surface area contributed by atoms with Crippen LogP contribution in [0.25, 0.3) is 10.8 Å². The first kappa shape index (κ1) is 13.8. The lowest BCUT2D eigenvalue weighted by Gasteiger charge is -2.23. The molecule has 1 aliphatic heterocycles. The van der Waals surface area contributed by atoms with Crippen LogP contribution in [-0.4, -0.2) is 34.2 Å². The number of hydrogen-bond acceptors (Lipinski definition) is 5. The summed E-state index contributed by atoms with van der Waals surface area (Å²) in [5.74, 6) is 0.847. The zero-order valence-electron chi connectivity index (χ0n) is 11.5. The lowest BCUT2D eigenvalue weighted by atomic mass is 10.1. The van der Waals surface area contributed by atoms with E-state index in [1.165, 1.54) is 12.8 Å². The molecule has 1 fully saturated rings. The Bertz CT molecular complexity index is 524. The molecule has 1 unspecified atom stereocenters. The first-order valence-corrected chi connectivity index (χ1v) is 8.08. The maximum absolute atomic E-state index is 8.97. The number of thiazole rings is 1. The van der Waals surface area contributed by atoms with Gasteiger partial charge in [-0.05, 0) is 44.4 Å². The molecule has 1 saturated heterocycles. The van der Waals surface area contributed by atoms with Gasteiger partial charge in [0.15, 0.2) is 10.8 Å². The number of aliphatic hydroxyl groups excluding tert-OH is 1. The number of aromatic nitrogens is 1. The van der Waals surface area contributed by atoms with Gasteiger partial charge in [0.1, 0.15) is 0 Å². The number of rotatable bonds is 6. The average molecular weight is 292 g/mol. The highest BCUT2D eigenvalue weighted by molar-refractivity contribution is 7.13. The zero-order chi connectivity index (χ0) is 13.8. The van der Waals surface area contributed by atoms with E-state index in [-0.39, 0.29) is 0 Å². The molecule has 0 amide bonds. The van der Waals surface area contributed by atoms with E-state index < -0.39 is 0 Å². The summed E-state index contributed by atoms with van der Waals surface area (Å²) in [6, 6.07) is 4.44. The van der Waals surface area contributed by atoms with Crippen LogP contribution in [0.4, 0.5) is 0 Å². The minimum atomic E-state index is 0.295. The van der Waals surface area contributed by atoms with Crippen LogP contribution in [0.1, 0.15) is 31.4 Å². The molecule has 0 bridgehead atoms. The zero-order valence-corrected chi connectivity index (χ0v) is 12.3. The molecular weight excluding hydrogens is 272 g/mol. The largest absolute Gasteiger partial charge is 0.462 e. The minimum Gasteiger partial charge on any atom is -0.462 e. The van der Waals surface area contributed by atoms with Crippen molar-refractivity contribution in [3.63, 3.8) is 0 Å². The maximum Gasteiger partial charge on any atom is 0.162 e. The lowest BCUT2D eigenvalue weighted by molar-refractivity contribution is 0.208. The number of furan rings is 1. The number of aliphatic hydroxyl groups is 1. The van der Waals surface area contributed by atoms with Gasteiger partial charge in [-0.25, -0.2) is 4.98 Å². The van der Waals surface area contributed by atoms with Gasteiger partial charge in [0.25, 0.3) is 0 Å². The van der Waals surface area contributed by atoms with E-state index in [0.29, 0.717) is 12.6 Å². The molecule has 0 aliphatic carbocycles. The molecule has 5 heteroatoms. The molecule has 0 saturated carbocycles. The number of likely N-dealkylation sites (tertiary alicyclic amines) is 1. The smallest absolute Gasteiger partial charge is 0.162 e. The second-order valence-corrected chi connectivity index (χ2v) is 6.11. The second-order valence-electron chi connectivity index (χ2n) is 5.25. The molecule has 2 aromatic heterocycles. The van der Waals surface area contributed by atoms with Crippen molar-refractivity contribution in [1.29, 1.82) is 0 Å². The Morgan fingerprint density at radius 3 is 3.25 bits per heavy atom. The van der Waals surface area contributed by atoms with E-state index in [1.807, 2.05) is 12.1 Å². The van der Waals surface area contributed by atoms with E-state index in [1.54, 1.807) is 17.6 Å². The fourth-order valence-electron chi connectivity index (χ4n) is 2.86. The third kappa shape index (κ3) is 3.11. The molecule has 0 spiro atoms. The topological polar surface area (TPSA) is 49.5 Å². The van der Waals surface area contributed by atoms with E-state index in [4.69, 9.17) is 9.52 Å². The highest BCUT2D eigenvalue weighted by Crippen LogP contribution is 2.27. The number of hydrogen-bond donors (Lipinski definition) is 1. The summed E-state index contributed by atoms with van der Waals surface area (Å²) in [5, 5.41) is 12.1. The Hall–Kier alpha value is -1.17. The van der Waals surface area contributed by atoms with Crippen LogP contribution < -0.4 is 0 Å². The van der Waals surface area contributed by atoms with Crippen LogP contribution in [0, 0.1) is 0 Å². The van der Waals surface area contributed by atoms with E-state index >= 15 is 0 Å². The SMILES string of the molecule is OCCCC1CCCN1Cc1csc(-c2ccco2)n1. The summed E-state index contributed by atoms with van der Waals surface area (Å²) < 4.78 is 5.38. The van der Waals surface area contributed by atoms with Gasteiger partial charge in [-0.2, -0.15) is 0 Å². The molecule has 2 aromatic rings. The van der Waals surface area contributed by atoms with Crippen molar-refractivity contribution < 1.29 is 9.52 Å². The molecule has 1 N–H and O–H groups in total. The van der Waals surface area contributed by atoms with Gasteiger partial charge in [-0.3, -0.25) is 4.90 Å². The molecule has 0 radical (unpaired) electrons. The van der Waals surface area contributed by atoms with Crippen LogP contribution in [-0.2, 0) is 6.54 Å². The molecule has 4 nitrogen and oxygen atoms in total. The predicted molar refractivity (Wildman–Crippen MR) is 79.6 cm³/mol. The first-order valence-electron chi connectivity index (χ1n) is 7.20. The van der Waals surface area contributed by atoms with Crippen molar-refractivity contribution >= 4 is 11.3 Å². The van der Waals surface area contributed by atoms with Crippen LogP contribution in [0.2, 0.25) is 0 Å². The number of nitrogens with zero attached hydrogens (tertiary/aromatic N) is 2. The van der Waals surface area contributed by atoms with Gasteiger partial charge in [-0.15, -0.1) is 11.3 Å². The van der Waals surface area contributed by atoms with Crippen molar-refractivity contribution in [3.05, 3.63) is 29.5 Å². The monoisotopic (exact) mass is 292 g/mol. The molecule has 108 valence electrons. The van der Waals surface area contributed by atoms with Gasteiger partial charge in [0.2, 0.25) is 0 Å². The fourth-order valence-corrected chi connectivity index (χ4v) is 3.64. The third-order valence-corrected chi connectivity index (χ3v) is 4.75. The Morgan fingerprint density at radius 2 is 2.45 bits per heavy atom. The molecule has 20 heavy (non-hydrogen) atoms. The highest BCUT2D eigenvalue weighted by atomic mass is 32.1. The van der Waals surface area contributed by atoms with Gasteiger partial charge >= 0.3 is 0 Å². The van der Waals surface area contributed by atoms with Crippen molar-refractivity contribution in [3.8, 4) is 10.8 Å². The summed E-state index contributed by atoms with van der Waals surface area (Å²) in [4.78, 5) is 7.16. The van der Waals surface area contributed by atoms with E-state index in [0.717, 1.165) is 42.4 Å². The Morgan fingerprint density at radius 1 is 1.50 bits per heavy atom. The third-order valence-electron chi connectivity index (χ3n) is 3.84. The first-order chi connectivity index (χ1) is 9.86. The molecule has 1 aliphatic rings. The Kier molecular flexibility index (Phi) is 4.50. The van der Waals surface area contributed by atoms with Crippen LogP contribution in [0.15, 0.2) is 28.2 Å². The summed E-state index contributed by atoms with van der Waals surface area (Å²) in [5.41, 5.74) is 1.12. The molecule has 0 aromatic carbocycles. The van der Waals surface area contributed by atoms with Crippen LogP contribution in [0.5, 0.6) is 0 Å². The summed E-state index contributed by atoms with van der Waals surface area (Å²) in [6.07, 6.45) is 6.17. The van der Waals surface area contributed by atoms with Crippen LogP contribution in [0.3, 0.4) is 0 Å². The summed E-state index contributed by atoms with van der Waals surface area (Å²) in [6.45, 7) is 2.35. The quantitative estimate of drug-likeness (QED) is 0.888. The van der Waals surface area contributed by atoms with Gasteiger partial charge < -0.3 is 9.52 Å².